The molecule has 3 aliphatic rings. The molecule has 5 unspecified atom stereocenters. The Morgan fingerprint density at radius 3 is 2.83 bits per heavy atom. The van der Waals surface area contributed by atoms with E-state index in [2.05, 4.69) is 5.32 Å². The molecule has 3 fully saturated rings. The molecule has 0 aromatic rings. The Morgan fingerprint density at radius 1 is 1.33 bits per heavy atom. The molecule has 0 spiro atoms. The van der Waals surface area contributed by atoms with Crippen LogP contribution in [0.15, 0.2) is 0 Å². The quantitative estimate of drug-likeness (QED) is 0.537. The van der Waals surface area contributed by atoms with Gasteiger partial charge in [-0.05, 0) is 31.1 Å². The number of carbonyl (C=O) groups is 1. The first-order valence-corrected chi connectivity index (χ1v) is 4.76. The molecule has 1 amide bonds. The largest absolute Gasteiger partial charge is 0.373 e. The van der Waals surface area contributed by atoms with E-state index in [1.165, 1.54) is 19.3 Å². The van der Waals surface area contributed by atoms with Gasteiger partial charge >= 0.3 is 0 Å². The van der Waals surface area contributed by atoms with Crippen LogP contribution < -0.4 is 5.32 Å². The first kappa shape index (κ1) is 6.89. The van der Waals surface area contributed by atoms with Crippen LogP contribution in [0.4, 0.5) is 0 Å². The van der Waals surface area contributed by atoms with Crippen molar-refractivity contribution in [1.29, 1.82) is 0 Å². The van der Waals surface area contributed by atoms with Crippen LogP contribution in [0.2, 0.25) is 0 Å². The van der Waals surface area contributed by atoms with Crippen molar-refractivity contribution < 1.29 is 9.90 Å². The van der Waals surface area contributed by atoms with Gasteiger partial charge < -0.3 is 10.4 Å². The van der Waals surface area contributed by atoms with Gasteiger partial charge in [-0.25, -0.2) is 0 Å². The van der Waals surface area contributed by atoms with Crippen molar-refractivity contribution in [3.05, 3.63) is 0 Å². The Balaban J connectivity index is 1.97. The maximum absolute atomic E-state index is 11.4. The van der Waals surface area contributed by atoms with E-state index in [-0.39, 0.29) is 17.7 Å². The molecule has 1 heterocycles. The summed E-state index contributed by atoms with van der Waals surface area (Å²) in [4.78, 5) is 11.4. The second-order valence-electron chi connectivity index (χ2n) is 4.39. The van der Waals surface area contributed by atoms with Crippen molar-refractivity contribution in [3.8, 4) is 0 Å². The SMILES string of the molecule is O=C1NC(O)C2C3CCC(C3)C12. The lowest BCUT2D eigenvalue weighted by Crippen LogP contribution is -2.30. The summed E-state index contributed by atoms with van der Waals surface area (Å²) in [5.74, 6) is 1.70. The first-order chi connectivity index (χ1) is 5.77. The Morgan fingerprint density at radius 2 is 2.08 bits per heavy atom. The highest BCUT2D eigenvalue weighted by atomic mass is 16.3. The molecule has 0 aromatic carbocycles. The molecule has 1 aliphatic heterocycles. The van der Waals surface area contributed by atoms with E-state index in [1.54, 1.807) is 0 Å². The van der Waals surface area contributed by atoms with Crippen LogP contribution in [0.3, 0.4) is 0 Å². The summed E-state index contributed by atoms with van der Waals surface area (Å²) in [6, 6.07) is 0. The van der Waals surface area contributed by atoms with Gasteiger partial charge in [-0.2, -0.15) is 0 Å². The first-order valence-electron chi connectivity index (χ1n) is 4.76. The number of amides is 1. The van der Waals surface area contributed by atoms with Gasteiger partial charge in [0, 0.05) is 11.8 Å². The maximum Gasteiger partial charge on any atom is 0.225 e. The zero-order valence-electron chi connectivity index (χ0n) is 6.86. The molecule has 2 aliphatic carbocycles. The normalized spacial score (nSPS) is 55.8. The van der Waals surface area contributed by atoms with Gasteiger partial charge in [0.15, 0.2) is 0 Å². The average molecular weight is 167 g/mol. The second-order valence-corrected chi connectivity index (χ2v) is 4.39. The van der Waals surface area contributed by atoms with Crippen LogP contribution in [0, 0.1) is 23.7 Å². The number of hydrogen-bond donors (Lipinski definition) is 2. The topological polar surface area (TPSA) is 49.3 Å². The van der Waals surface area contributed by atoms with Crippen LogP contribution in [-0.4, -0.2) is 17.2 Å². The van der Waals surface area contributed by atoms with E-state index < -0.39 is 6.23 Å². The van der Waals surface area contributed by atoms with Crippen molar-refractivity contribution in [2.45, 2.75) is 25.5 Å². The van der Waals surface area contributed by atoms with Gasteiger partial charge in [-0.3, -0.25) is 4.79 Å². The fourth-order valence-electron chi connectivity index (χ4n) is 3.52. The van der Waals surface area contributed by atoms with E-state index >= 15 is 0 Å². The molecule has 3 nitrogen and oxygen atoms in total. The molecular formula is C9H13NO2. The molecule has 2 bridgehead atoms. The van der Waals surface area contributed by atoms with E-state index in [9.17, 15) is 9.90 Å². The maximum atomic E-state index is 11.4. The minimum atomic E-state index is -0.544. The lowest BCUT2D eigenvalue weighted by molar-refractivity contribution is -0.124. The van der Waals surface area contributed by atoms with Crippen molar-refractivity contribution in [3.63, 3.8) is 0 Å². The van der Waals surface area contributed by atoms with Gasteiger partial charge in [-0.15, -0.1) is 0 Å². The van der Waals surface area contributed by atoms with Gasteiger partial charge in [0.05, 0.1) is 0 Å². The Kier molecular flexibility index (Phi) is 1.16. The van der Waals surface area contributed by atoms with E-state index in [0.29, 0.717) is 11.8 Å². The zero-order valence-corrected chi connectivity index (χ0v) is 6.86. The third-order valence-electron chi connectivity index (χ3n) is 3.94. The van der Waals surface area contributed by atoms with E-state index in [1.807, 2.05) is 0 Å². The highest BCUT2D eigenvalue weighted by molar-refractivity contribution is 5.82. The van der Waals surface area contributed by atoms with E-state index in [0.717, 1.165) is 0 Å². The van der Waals surface area contributed by atoms with Gasteiger partial charge in [-0.1, -0.05) is 0 Å². The molecule has 5 atom stereocenters. The molecule has 12 heavy (non-hydrogen) atoms. The summed E-state index contributed by atoms with van der Waals surface area (Å²) in [7, 11) is 0. The highest BCUT2D eigenvalue weighted by Gasteiger charge is 2.57. The lowest BCUT2D eigenvalue weighted by Gasteiger charge is -2.23. The summed E-state index contributed by atoms with van der Waals surface area (Å²) in [5.41, 5.74) is 0. The Bertz CT molecular complexity index is 241. The molecule has 3 heteroatoms. The number of nitrogens with one attached hydrogen (secondary N) is 1. The van der Waals surface area contributed by atoms with Crippen LogP contribution >= 0.6 is 0 Å². The van der Waals surface area contributed by atoms with Gasteiger partial charge in [0.2, 0.25) is 5.91 Å². The number of rotatable bonds is 0. The molecule has 1 saturated heterocycles. The minimum absolute atomic E-state index is 0.0969. The molecule has 0 aromatic heterocycles. The van der Waals surface area contributed by atoms with Crippen molar-refractivity contribution in [1.82, 2.24) is 5.32 Å². The van der Waals surface area contributed by atoms with Gasteiger partial charge in [0.1, 0.15) is 6.23 Å². The predicted molar refractivity (Wildman–Crippen MR) is 42.0 cm³/mol. The number of aliphatic hydroxyl groups is 1. The molecule has 2 N–H and O–H groups in total. The van der Waals surface area contributed by atoms with Crippen LogP contribution in [0.25, 0.3) is 0 Å². The summed E-state index contributed by atoms with van der Waals surface area (Å²) in [6.45, 7) is 0. The minimum Gasteiger partial charge on any atom is -0.373 e. The molecule has 3 rings (SSSR count). The summed E-state index contributed by atoms with van der Waals surface area (Å²) in [6.07, 6.45) is 3.06. The molecular weight excluding hydrogens is 154 g/mol. The smallest absolute Gasteiger partial charge is 0.225 e. The van der Waals surface area contributed by atoms with Crippen molar-refractivity contribution in [2.24, 2.45) is 23.7 Å². The summed E-state index contributed by atoms with van der Waals surface area (Å²) >= 11 is 0. The standard InChI is InChI=1S/C9H13NO2/c11-8-6-4-1-2-5(3-4)7(6)9(12)10-8/h4-8,11H,1-3H2,(H,10,12). The summed E-state index contributed by atoms with van der Waals surface area (Å²) in [5, 5.41) is 12.2. The van der Waals surface area contributed by atoms with Crippen LogP contribution in [0.5, 0.6) is 0 Å². The second kappa shape index (κ2) is 2.02. The van der Waals surface area contributed by atoms with E-state index in [4.69, 9.17) is 0 Å². The zero-order chi connectivity index (χ0) is 8.29. The van der Waals surface area contributed by atoms with Crippen molar-refractivity contribution in [2.75, 3.05) is 0 Å². The third-order valence-corrected chi connectivity index (χ3v) is 3.94. The lowest BCUT2D eigenvalue weighted by atomic mass is 9.81. The molecule has 0 radical (unpaired) electrons. The number of fused-ring (bicyclic) bond motifs is 5. The number of hydrogen-bond acceptors (Lipinski definition) is 2. The van der Waals surface area contributed by atoms with Crippen molar-refractivity contribution >= 4 is 5.91 Å². The fraction of sp³-hybridized carbons (Fsp3) is 0.889. The van der Waals surface area contributed by atoms with Gasteiger partial charge in [0.25, 0.3) is 0 Å². The van der Waals surface area contributed by atoms with Crippen LogP contribution in [-0.2, 0) is 4.79 Å². The fourth-order valence-corrected chi connectivity index (χ4v) is 3.52. The third kappa shape index (κ3) is 0.637. The average Bonchev–Trinajstić information content (AvgIpc) is 2.64. The monoisotopic (exact) mass is 167 g/mol. The Hall–Kier alpha value is -0.570. The predicted octanol–water partition coefficient (Wildman–Crippen LogP) is 0.0969. The Labute approximate surface area is 71.1 Å². The molecule has 2 saturated carbocycles. The number of aliphatic hydroxyl groups excluding tert-OH is 1. The molecule has 66 valence electrons. The highest BCUT2D eigenvalue weighted by Crippen LogP contribution is 2.55. The van der Waals surface area contributed by atoms with Crippen LogP contribution in [0.1, 0.15) is 19.3 Å². The number of carbonyl (C=O) groups excluding carboxylic acids is 1. The summed E-state index contributed by atoms with van der Waals surface area (Å²) < 4.78 is 0.